The summed E-state index contributed by atoms with van der Waals surface area (Å²) < 4.78 is 5.81. The Morgan fingerprint density at radius 3 is 2.73 bits per heavy atom. The first-order chi connectivity index (χ1) is 12.5. The third-order valence-electron chi connectivity index (χ3n) is 4.40. The molecule has 2 heterocycles. The van der Waals surface area contributed by atoms with E-state index in [1.807, 2.05) is 44.2 Å². The molecule has 2 aromatic rings. The van der Waals surface area contributed by atoms with Crippen molar-refractivity contribution in [1.29, 1.82) is 0 Å². The van der Waals surface area contributed by atoms with Gasteiger partial charge in [-0.05, 0) is 38.1 Å². The minimum absolute atomic E-state index is 0.0276. The highest BCUT2D eigenvalue weighted by molar-refractivity contribution is 5.98. The average molecular weight is 353 g/mol. The molecule has 0 unspecified atom stereocenters. The number of carbonyl (C=O) groups is 2. The van der Waals surface area contributed by atoms with E-state index >= 15 is 0 Å². The van der Waals surface area contributed by atoms with Crippen LogP contribution in [-0.4, -0.2) is 34.3 Å². The van der Waals surface area contributed by atoms with E-state index in [2.05, 4.69) is 10.3 Å². The van der Waals surface area contributed by atoms with Crippen molar-refractivity contribution in [3.63, 3.8) is 0 Å². The molecule has 0 aliphatic carbocycles. The molecule has 1 fully saturated rings. The van der Waals surface area contributed by atoms with Crippen molar-refractivity contribution in [3.05, 3.63) is 54.4 Å². The summed E-state index contributed by atoms with van der Waals surface area (Å²) in [4.78, 5) is 30.6. The molecule has 1 N–H and O–H groups in total. The summed E-state index contributed by atoms with van der Waals surface area (Å²) in [5, 5.41) is 2.91. The van der Waals surface area contributed by atoms with Crippen molar-refractivity contribution in [2.24, 2.45) is 5.92 Å². The molecular formula is C20H23N3O3. The number of pyridine rings is 1. The summed E-state index contributed by atoms with van der Waals surface area (Å²) in [7, 11) is 0. The molecule has 1 aromatic carbocycles. The Hall–Kier alpha value is -2.89. The van der Waals surface area contributed by atoms with Gasteiger partial charge < -0.3 is 15.0 Å². The summed E-state index contributed by atoms with van der Waals surface area (Å²) in [6.45, 7) is 4.69. The van der Waals surface area contributed by atoms with Crippen LogP contribution in [0.2, 0.25) is 0 Å². The smallest absolute Gasteiger partial charge is 0.229 e. The Kier molecular flexibility index (Phi) is 5.51. The number of hydrogen-bond donors (Lipinski definition) is 1. The van der Waals surface area contributed by atoms with Gasteiger partial charge in [0.15, 0.2) is 0 Å². The lowest BCUT2D eigenvalue weighted by atomic mass is 10.1. The van der Waals surface area contributed by atoms with E-state index < -0.39 is 0 Å². The number of likely N-dealkylation sites (tertiary alicyclic amines) is 1. The molecule has 1 aromatic heterocycles. The number of rotatable bonds is 6. The lowest BCUT2D eigenvalue weighted by Gasteiger charge is -2.21. The van der Waals surface area contributed by atoms with Crippen LogP contribution in [0.3, 0.4) is 0 Å². The van der Waals surface area contributed by atoms with Crippen molar-refractivity contribution >= 4 is 17.5 Å². The fourth-order valence-corrected chi connectivity index (χ4v) is 2.97. The molecule has 136 valence electrons. The number of benzene rings is 1. The molecule has 1 aliphatic rings. The topological polar surface area (TPSA) is 71.5 Å². The summed E-state index contributed by atoms with van der Waals surface area (Å²) in [6, 6.07) is 13.0. The molecule has 0 radical (unpaired) electrons. The first-order valence-corrected chi connectivity index (χ1v) is 8.76. The van der Waals surface area contributed by atoms with Crippen LogP contribution in [0.5, 0.6) is 5.75 Å². The highest BCUT2D eigenvalue weighted by Crippen LogP contribution is 2.27. The zero-order chi connectivity index (χ0) is 18.5. The lowest BCUT2D eigenvalue weighted by molar-refractivity contribution is -0.129. The van der Waals surface area contributed by atoms with Gasteiger partial charge in [0.05, 0.1) is 17.3 Å². The number of amides is 2. The van der Waals surface area contributed by atoms with E-state index in [-0.39, 0.29) is 30.2 Å². The number of aromatic nitrogens is 1. The van der Waals surface area contributed by atoms with E-state index in [0.29, 0.717) is 24.6 Å². The zero-order valence-electron chi connectivity index (χ0n) is 15.0. The molecule has 0 spiro atoms. The van der Waals surface area contributed by atoms with Crippen molar-refractivity contribution < 1.29 is 14.3 Å². The number of hydrogen-bond acceptors (Lipinski definition) is 4. The molecule has 3 rings (SSSR count). The van der Waals surface area contributed by atoms with Crippen LogP contribution in [0, 0.1) is 5.92 Å². The summed E-state index contributed by atoms with van der Waals surface area (Å²) in [5.74, 6) is 0.112. The molecule has 6 nitrogen and oxygen atoms in total. The average Bonchev–Trinajstić information content (AvgIpc) is 3.04. The predicted molar refractivity (Wildman–Crippen MR) is 98.6 cm³/mol. The van der Waals surface area contributed by atoms with Gasteiger partial charge in [-0.15, -0.1) is 0 Å². The second-order valence-corrected chi connectivity index (χ2v) is 6.64. The Labute approximate surface area is 153 Å². The fourth-order valence-electron chi connectivity index (χ4n) is 2.97. The fraction of sp³-hybridized carbons (Fsp3) is 0.350. The van der Waals surface area contributed by atoms with E-state index in [4.69, 9.17) is 4.74 Å². The maximum Gasteiger partial charge on any atom is 0.229 e. The standard InChI is InChI=1S/C20H23N3O3/c1-14(2)23-12-15(11-19(23)24)20(25)22-17-8-3-4-9-18(17)26-13-16-7-5-6-10-21-16/h3-10,14-15H,11-13H2,1-2H3,(H,22,25)/t15-/m0/s1. The minimum Gasteiger partial charge on any atom is -0.485 e. The van der Waals surface area contributed by atoms with Crippen molar-refractivity contribution in [2.45, 2.75) is 32.9 Å². The molecule has 26 heavy (non-hydrogen) atoms. The van der Waals surface area contributed by atoms with Gasteiger partial charge in [-0.2, -0.15) is 0 Å². The molecule has 1 atom stereocenters. The van der Waals surface area contributed by atoms with Gasteiger partial charge in [0, 0.05) is 25.2 Å². The summed E-state index contributed by atoms with van der Waals surface area (Å²) >= 11 is 0. The maximum absolute atomic E-state index is 12.6. The van der Waals surface area contributed by atoms with Crippen molar-refractivity contribution in [1.82, 2.24) is 9.88 Å². The number of ether oxygens (including phenoxy) is 1. The number of nitrogens with one attached hydrogen (secondary N) is 1. The Morgan fingerprint density at radius 1 is 1.27 bits per heavy atom. The lowest BCUT2D eigenvalue weighted by Crippen LogP contribution is -2.33. The van der Waals surface area contributed by atoms with Gasteiger partial charge >= 0.3 is 0 Å². The van der Waals surface area contributed by atoms with Gasteiger partial charge in [0.2, 0.25) is 11.8 Å². The van der Waals surface area contributed by atoms with E-state index in [1.54, 1.807) is 23.2 Å². The van der Waals surface area contributed by atoms with Gasteiger partial charge in [-0.3, -0.25) is 14.6 Å². The summed E-state index contributed by atoms with van der Waals surface area (Å²) in [5.41, 5.74) is 1.41. The van der Waals surface area contributed by atoms with Crippen molar-refractivity contribution in [2.75, 3.05) is 11.9 Å². The molecule has 6 heteroatoms. The maximum atomic E-state index is 12.6. The van der Waals surface area contributed by atoms with Gasteiger partial charge in [0.1, 0.15) is 12.4 Å². The summed E-state index contributed by atoms with van der Waals surface area (Å²) in [6.07, 6.45) is 1.96. The number of anilines is 1. The Morgan fingerprint density at radius 2 is 2.04 bits per heavy atom. The second-order valence-electron chi connectivity index (χ2n) is 6.64. The minimum atomic E-state index is -0.339. The predicted octanol–water partition coefficient (Wildman–Crippen LogP) is 2.86. The van der Waals surface area contributed by atoms with Gasteiger partial charge in [-0.25, -0.2) is 0 Å². The van der Waals surface area contributed by atoms with Crippen LogP contribution >= 0.6 is 0 Å². The number of nitrogens with zero attached hydrogens (tertiary/aromatic N) is 2. The monoisotopic (exact) mass is 353 g/mol. The Bertz CT molecular complexity index is 777. The first kappa shape index (κ1) is 17.9. The molecular weight excluding hydrogens is 330 g/mol. The van der Waals surface area contributed by atoms with Gasteiger partial charge in [-0.1, -0.05) is 18.2 Å². The molecule has 1 saturated heterocycles. The highest BCUT2D eigenvalue weighted by atomic mass is 16.5. The molecule has 2 amide bonds. The van der Waals surface area contributed by atoms with Crippen molar-refractivity contribution in [3.8, 4) is 5.75 Å². The highest BCUT2D eigenvalue weighted by Gasteiger charge is 2.35. The number of carbonyl (C=O) groups excluding carboxylic acids is 2. The van der Waals surface area contributed by atoms with E-state index in [9.17, 15) is 9.59 Å². The third kappa shape index (κ3) is 4.20. The molecule has 1 aliphatic heterocycles. The SMILES string of the molecule is CC(C)N1C[C@@H](C(=O)Nc2ccccc2OCc2ccccn2)CC1=O. The van der Waals surface area contributed by atoms with Crippen LogP contribution in [0.15, 0.2) is 48.7 Å². The van der Waals surface area contributed by atoms with E-state index in [1.165, 1.54) is 0 Å². The Balaban J connectivity index is 1.65. The van der Waals surface area contributed by atoms with Gasteiger partial charge in [0.25, 0.3) is 0 Å². The first-order valence-electron chi connectivity index (χ1n) is 8.76. The number of para-hydroxylation sites is 2. The van der Waals surface area contributed by atoms with Crippen LogP contribution < -0.4 is 10.1 Å². The zero-order valence-corrected chi connectivity index (χ0v) is 15.0. The quantitative estimate of drug-likeness (QED) is 0.867. The molecule has 0 bridgehead atoms. The normalized spacial score (nSPS) is 16.8. The van der Waals surface area contributed by atoms with Crippen LogP contribution in [-0.2, 0) is 16.2 Å². The second kappa shape index (κ2) is 7.99. The van der Waals surface area contributed by atoms with E-state index in [0.717, 1.165) is 5.69 Å². The van der Waals surface area contributed by atoms with Crippen LogP contribution in [0.4, 0.5) is 5.69 Å². The third-order valence-corrected chi connectivity index (χ3v) is 4.40. The largest absolute Gasteiger partial charge is 0.485 e. The van der Waals surface area contributed by atoms with Crippen LogP contribution in [0.1, 0.15) is 26.0 Å². The molecule has 0 saturated carbocycles. The van der Waals surface area contributed by atoms with Crippen LogP contribution in [0.25, 0.3) is 0 Å².